The number of hydrogen-bond donors (Lipinski definition) is 2. The van der Waals surface area contributed by atoms with Gasteiger partial charge in [-0.05, 0) is 92.5 Å². The Bertz CT molecular complexity index is 2560. The maximum atomic E-state index is 14.1. The minimum Gasteiger partial charge on any atom is -0.493 e. The average Bonchev–Trinajstić information content (AvgIpc) is 3.82. The lowest BCUT2D eigenvalue weighted by molar-refractivity contribution is -0.136. The molecule has 9 rings (SSSR count). The fourth-order valence-corrected chi connectivity index (χ4v) is 11.0. The van der Waals surface area contributed by atoms with Crippen LogP contribution in [-0.4, -0.2) is 113 Å². The van der Waals surface area contributed by atoms with Gasteiger partial charge in [-0.3, -0.25) is 43.9 Å². The molecule has 2 N–H and O–H groups in total. The molecule has 1 atom stereocenters. The molecular weight excluding hydrogens is 821 g/mol. The Labute approximate surface area is 381 Å². The molecule has 1 unspecified atom stereocenters. The van der Waals surface area contributed by atoms with Crippen LogP contribution in [0.15, 0.2) is 48.5 Å². The molecule has 0 bridgehead atoms. The lowest BCUT2D eigenvalue weighted by Gasteiger charge is -2.44. The van der Waals surface area contributed by atoms with Crippen molar-refractivity contribution in [3.05, 3.63) is 93.2 Å². The Kier molecular flexibility index (Phi) is 12.4. The molecule has 3 saturated heterocycles. The number of piperazine rings is 1. The van der Waals surface area contributed by atoms with Gasteiger partial charge in [0.25, 0.3) is 11.8 Å². The third-order valence-corrected chi connectivity index (χ3v) is 14.8. The monoisotopic (exact) mass is 882 g/mol. The van der Waals surface area contributed by atoms with Crippen molar-refractivity contribution in [2.75, 3.05) is 50.8 Å². The number of aromatic amines is 1. The highest BCUT2D eigenvalue weighted by atomic mass is 16.5. The Morgan fingerprint density at radius 2 is 1.54 bits per heavy atom. The van der Waals surface area contributed by atoms with Crippen LogP contribution in [0.3, 0.4) is 0 Å². The second-order valence-electron chi connectivity index (χ2n) is 19.2. The third-order valence-electron chi connectivity index (χ3n) is 14.8. The van der Waals surface area contributed by atoms with E-state index in [1.165, 1.54) is 16.8 Å². The average molecular weight is 883 g/mol. The number of unbranched alkanes of at least 4 members (excludes halogenated alkanes) is 5. The Morgan fingerprint density at radius 1 is 0.800 bits per heavy atom. The lowest BCUT2D eigenvalue weighted by Crippen LogP contribution is -2.54. The number of piperidine rings is 2. The molecule has 4 aliphatic heterocycles. The maximum absolute atomic E-state index is 14.1. The number of ether oxygens (including phenoxy) is 1. The van der Waals surface area contributed by atoms with Crippen LogP contribution >= 0.6 is 0 Å². The summed E-state index contributed by atoms with van der Waals surface area (Å²) in [4.78, 5) is 89.5. The largest absolute Gasteiger partial charge is 0.493 e. The number of amides is 5. The van der Waals surface area contributed by atoms with Crippen LogP contribution in [0, 0.1) is 6.92 Å². The molecule has 5 aliphatic rings. The van der Waals surface area contributed by atoms with Gasteiger partial charge in [0, 0.05) is 91.4 Å². The van der Waals surface area contributed by atoms with Gasteiger partial charge in [0.1, 0.15) is 11.8 Å². The fourth-order valence-electron chi connectivity index (χ4n) is 11.0. The van der Waals surface area contributed by atoms with Gasteiger partial charge in [0.2, 0.25) is 17.7 Å². The number of benzene rings is 3. The summed E-state index contributed by atoms with van der Waals surface area (Å²) in [6.07, 6.45) is 9.41. The Morgan fingerprint density at radius 3 is 2.28 bits per heavy atom. The van der Waals surface area contributed by atoms with Crippen molar-refractivity contribution in [2.45, 2.75) is 122 Å². The summed E-state index contributed by atoms with van der Waals surface area (Å²) in [6, 6.07) is 15.2. The van der Waals surface area contributed by atoms with Gasteiger partial charge in [-0.25, -0.2) is 0 Å². The molecule has 0 radical (unpaired) electrons. The van der Waals surface area contributed by atoms with Crippen molar-refractivity contribution in [2.24, 2.45) is 0 Å². The smallest absolute Gasteiger partial charge is 0.266 e. The highest BCUT2D eigenvalue weighted by Gasteiger charge is 2.46. The van der Waals surface area contributed by atoms with Crippen molar-refractivity contribution in [3.63, 3.8) is 0 Å². The van der Waals surface area contributed by atoms with Gasteiger partial charge in [-0.15, -0.1) is 0 Å². The van der Waals surface area contributed by atoms with Crippen molar-refractivity contribution in [1.82, 2.24) is 25.0 Å². The molecule has 4 aromatic rings. The number of hydrogen-bond acceptors (Lipinski definition) is 9. The number of nitrogens with zero attached hydrogens (tertiary/aromatic N) is 4. The van der Waals surface area contributed by atoms with Gasteiger partial charge in [0.05, 0.1) is 23.3 Å². The Balaban J connectivity index is 0.680. The van der Waals surface area contributed by atoms with E-state index in [-0.39, 0.29) is 41.1 Å². The lowest BCUT2D eigenvalue weighted by atomic mass is 9.70. The fraction of sp³-hybridized carbons (Fsp3) is 0.500. The molecule has 1 aromatic heterocycles. The second-order valence-corrected chi connectivity index (χ2v) is 19.2. The minimum absolute atomic E-state index is 0.0705. The van der Waals surface area contributed by atoms with E-state index < -0.39 is 29.7 Å². The number of fused-ring (bicyclic) bond motifs is 5. The molecule has 0 saturated carbocycles. The second kappa shape index (κ2) is 18.2. The predicted octanol–water partition coefficient (Wildman–Crippen LogP) is 7.23. The Hall–Kier alpha value is -5.82. The summed E-state index contributed by atoms with van der Waals surface area (Å²) in [7, 11) is 0. The number of carbonyl (C=O) groups excluding carboxylic acids is 6. The number of anilines is 1. The SMILES string of the molecule is CCc1cc2c(cc1N1CCC(N3CCN(C(=O)CCCCCCCCOc4cccc5c4C(=O)N(C4CCC(=O)NC4=O)C5=O)CC3)CC1)C(C)(C)c1[nH]c3cc(C)ccc3c1C2=O. The van der Waals surface area contributed by atoms with Crippen LogP contribution in [0.2, 0.25) is 0 Å². The first-order chi connectivity index (χ1) is 31.3. The van der Waals surface area contributed by atoms with E-state index in [2.05, 4.69) is 83.0 Å². The number of ketones is 1. The predicted molar refractivity (Wildman–Crippen MR) is 249 cm³/mol. The molecule has 13 heteroatoms. The molecule has 342 valence electrons. The highest BCUT2D eigenvalue weighted by Crippen LogP contribution is 2.46. The van der Waals surface area contributed by atoms with Gasteiger partial charge in [-0.2, -0.15) is 0 Å². The molecule has 1 aliphatic carbocycles. The minimum atomic E-state index is -1.01. The number of carbonyl (C=O) groups is 6. The van der Waals surface area contributed by atoms with E-state index in [1.54, 1.807) is 18.2 Å². The molecular formula is C52H62N6O7. The highest BCUT2D eigenvalue weighted by molar-refractivity contribution is 6.24. The normalized spacial score (nSPS) is 20.0. The first kappa shape index (κ1) is 44.4. The van der Waals surface area contributed by atoms with Crippen molar-refractivity contribution < 1.29 is 33.5 Å². The molecule has 3 fully saturated rings. The van der Waals surface area contributed by atoms with E-state index in [9.17, 15) is 28.8 Å². The number of imide groups is 2. The van der Waals surface area contributed by atoms with Crippen LogP contribution < -0.4 is 15.0 Å². The summed E-state index contributed by atoms with van der Waals surface area (Å²) in [5.74, 6) is -1.45. The molecule has 3 aromatic carbocycles. The van der Waals surface area contributed by atoms with Crippen molar-refractivity contribution in [1.29, 1.82) is 0 Å². The number of nitrogens with one attached hydrogen (secondary N) is 2. The van der Waals surface area contributed by atoms with E-state index in [4.69, 9.17) is 4.74 Å². The first-order valence-corrected chi connectivity index (χ1v) is 23.9. The first-order valence-electron chi connectivity index (χ1n) is 23.9. The van der Waals surface area contributed by atoms with E-state index in [0.717, 1.165) is 135 Å². The molecule has 0 spiro atoms. The zero-order chi connectivity index (χ0) is 45.6. The zero-order valence-corrected chi connectivity index (χ0v) is 38.4. The number of aromatic nitrogens is 1. The van der Waals surface area contributed by atoms with Crippen LogP contribution in [0.5, 0.6) is 5.75 Å². The quantitative estimate of drug-likeness (QED) is 0.0987. The zero-order valence-electron chi connectivity index (χ0n) is 38.4. The summed E-state index contributed by atoms with van der Waals surface area (Å²) in [5.41, 5.74) is 8.51. The topological polar surface area (TPSA) is 152 Å². The van der Waals surface area contributed by atoms with Crippen LogP contribution in [-0.2, 0) is 26.2 Å². The van der Waals surface area contributed by atoms with Gasteiger partial charge in [-0.1, -0.05) is 64.7 Å². The van der Waals surface area contributed by atoms with Crippen LogP contribution in [0.4, 0.5) is 5.69 Å². The number of aryl methyl sites for hydroxylation is 2. The summed E-state index contributed by atoms with van der Waals surface area (Å²) in [6.45, 7) is 14.5. The van der Waals surface area contributed by atoms with Crippen molar-refractivity contribution in [3.8, 4) is 5.75 Å². The summed E-state index contributed by atoms with van der Waals surface area (Å²) < 4.78 is 5.98. The third kappa shape index (κ3) is 8.36. The van der Waals surface area contributed by atoms with Crippen molar-refractivity contribution >= 4 is 51.9 Å². The molecule has 13 nitrogen and oxygen atoms in total. The van der Waals surface area contributed by atoms with E-state index in [0.29, 0.717) is 24.8 Å². The van der Waals surface area contributed by atoms with Gasteiger partial charge >= 0.3 is 0 Å². The number of rotatable bonds is 14. The summed E-state index contributed by atoms with van der Waals surface area (Å²) >= 11 is 0. The summed E-state index contributed by atoms with van der Waals surface area (Å²) in [5, 5.41) is 3.23. The number of H-pyrrole nitrogens is 1. The molecule has 65 heavy (non-hydrogen) atoms. The van der Waals surface area contributed by atoms with Crippen LogP contribution in [0.25, 0.3) is 10.9 Å². The standard InChI is InChI=1S/C52H62N6O7/c1-5-33-30-37-38(52(3,4)48-46(47(37)61)35-17-16-32(2)29-39(35)53-48)31-41(33)56-22-20-34(21-23-56)55-24-26-57(27-25-55)44(60)15-10-8-6-7-9-11-28-65-42-14-12-13-36-45(42)51(64)58(50(36)63)40-18-19-43(59)54-49(40)62/h12-14,16-17,29-31,34,40,53H,5-11,15,18-28H2,1-4H3,(H,54,59,62). The van der Waals surface area contributed by atoms with E-state index in [1.807, 2.05) is 0 Å². The van der Waals surface area contributed by atoms with Gasteiger partial charge in [0.15, 0.2) is 5.78 Å². The van der Waals surface area contributed by atoms with E-state index >= 15 is 0 Å². The maximum Gasteiger partial charge on any atom is 0.266 e. The van der Waals surface area contributed by atoms with Gasteiger partial charge < -0.3 is 19.5 Å². The molecule has 5 amide bonds. The molecule has 5 heterocycles. The van der Waals surface area contributed by atoms with Crippen LogP contribution in [0.1, 0.15) is 150 Å².